The Morgan fingerprint density at radius 2 is 2.08 bits per heavy atom. The molecule has 2 heterocycles. The second-order valence-corrected chi connectivity index (χ2v) is 6.88. The van der Waals surface area contributed by atoms with Crippen molar-refractivity contribution in [3.8, 4) is 17.6 Å². The molecule has 2 aromatic rings. The molecule has 0 aliphatic carbocycles. The minimum atomic E-state index is -3.86. The summed E-state index contributed by atoms with van der Waals surface area (Å²) in [5.74, 6) is 4.99. The van der Waals surface area contributed by atoms with Crippen LogP contribution in [-0.4, -0.2) is 32.0 Å². The third kappa shape index (κ3) is 4.91. The molecule has 26 heavy (non-hydrogen) atoms. The number of aromatic nitrogens is 2. The van der Waals surface area contributed by atoms with Gasteiger partial charge in [0.25, 0.3) is 10.2 Å². The maximum absolute atomic E-state index is 14.6. The number of halogens is 1. The monoisotopic (exact) mass is 378 g/mol. The zero-order chi connectivity index (χ0) is 19.2. The van der Waals surface area contributed by atoms with Crippen molar-refractivity contribution in [1.82, 2.24) is 14.7 Å². The summed E-state index contributed by atoms with van der Waals surface area (Å²) in [6, 6.07) is 1.49. The molecule has 2 aromatic heterocycles. The molecule has 0 saturated carbocycles. The number of nitrogens with one attached hydrogen (secondary N) is 2. The molecule has 0 aliphatic heterocycles. The first-order valence-corrected chi connectivity index (χ1v) is 9.16. The van der Waals surface area contributed by atoms with Crippen molar-refractivity contribution in [2.45, 2.75) is 20.3 Å². The van der Waals surface area contributed by atoms with E-state index in [2.05, 4.69) is 21.8 Å². The van der Waals surface area contributed by atoms with Gasteiger partial charge in [-0.05, 0) is 36.6 Å². The Morgan fingerprint density at radius 1 is 1.31 bits per heavy atom. The van der Waals surface area contributed by atoms with Crippen LogP contribution in [0.25, 0.3) is 0 Å². The lowest BCUT2D eigenvalue weighted by Gasteiger charge is -2.12. The predicted octanol–water partition coefficient (Wildman–Crippen LogP) is 1.79. The van der Waals surface area contributed by atoms with E-state index in [1.165, 1.54) is 19.3 Å². The number of nitrogens with zero attached hydrogens (tertiary/aromatic N) is 2. The summed E-state index contributed by atoms with van der Waals surface area (Å²) in [6.45, 7) is 3.80. The lowest BCUT2D eigenvalue weighted by atomic mass is 10.0. The van der Waals surface area contributed by atoms with Crippen molar-refractivity contribution < 1.29 is 17.5 Å². The minimum Gasteiger partial charge on any atom is -0.479 e. The molecule has 0 bridgehead atoms. The average Bonchev–Trinajstić information content (AvgIpc) is 2.61. The summed E-state index contributed by atoms with van der Waals surface area (Å²) in [6.07, 6.45) is 4.74. The molecule has 2 N–H and O–H groups in total. The average molecular weight is 378 g/mol. The van der Waals surface area contributed by atoms with Crippen molar-refractivity contribution in [1.29, 1.82) is 0 Å². The van der Waals surface area contributed by atoms with Gasteiger partial charge in [-0.3, -0.25) is 9.71 Å². The fourth-order valence-electron chi connectivity index (χ4n) is 2.13. The normalized spacial score (nSPS) is 10.8. The van der Waals surface area contributed by atoms with Gasteiger partial charge in [-0.1, -0.05) is 5.92 Å². The first kappa shape index (κ1) is 19.6. The van der Waals surface area contributed by atoms with Crippen LogP contribution in [0.2, 0.25) is 0 Å². The van der Waals surface area contributed by atoms with E-state index in [1.807, 2.05) is 16.4 Å². The highest BCUT2D eigenvalue weighted by Gasteiger charge is 2.16. The predicted molar refractivity (Wildman–Crippen MR) is 96.5 cm³/mol. The highest BCUT2D eigenvalue weighted by Crippen LogP contribution is 2.24. The fourth-order valence-corrected chi connectivity index (χ4v) is 2.63. The molecule has 0 radical (unpaired) electrons. The summed E-state index contributed by atoms with van der Waals surface area (Å²) in [4.78, 5) is 7.86. The van der Waals surface area contributed by atoms with E-state index in [1.54, 1.807) is 19.3 Å². The number of pyridine rings is 2. The molecule has 0 unspecified atom stereocenters. The van der Waals surface area contributed by atoms with Crippen molar-refractivity contribution in [2.24, 2.45) is 0 Å². The van der Waals surface area contributed by atoms with Crippen LogP contribution in [0.4, 0.5) is 10.2 Å². The smallest absolute Gasteiger partial charge is 0.300 e. The van der Waals surface area contributed by atoms with E-state index in [-0.39, 0.29) is 24.4 Å². The van der Waals surface area contributed by atoms with Gasteiger partial charge in [0.05, 0.1) is 6.20 Å². The lowest BCUT2D eigenvalue weighted by molar-refractivity contribution is 0.365. The van der Waals surface area contributed by atoms with Gasteiger partial charge in [0, 0.05) is 25.9 Å². The van der Waals surface area contributed by atoms with E-state index >= 15 is 0 Å². The number of rotatable bonds is 7. The SMILES string of the molecule is CC#CCOc1cncc(Cc2ccnc(NS(=O)(=O)NC)c2F)c1C. The van der Waals surface area contributed by atoms with Crippen LogP contribution in [0.3, 0.4) is 0 Å². The molecule has 9 heteroatoms. The van der Waals surface area contributed by atoms with E-state index in [0.29, 0.717) is 5.75 Å². The van der Waals surface area contributed by atoms with Crippen LogP contribution in [-0.2, 0) is 16.6 Å². The number of hydrogen-bond donors (Lipinski definition) is 2. The molecule has 0 spiro atoms. The van der Waals surface area contributed by atoms with Crippen LogP contribution in [0, 0.1) is 24.6 Å². The Balaban J connectivity index is 2.28. The topological polar surface area (TPSA) is 93.2 Å². The molecule has 138 valence electrons. The summed E-state index contributed by atoms with van der Waals surface area (Å²) in [5, 5.41) is 0. The number of hydrogen-bond acceptors (Lipinski definition) is 5. The summed E-state index contributed by atoms with van der Waals surface area (Å²) >= 11 is 0. The minimum absolute atomic E-state index is 0.206. The first-order valence-electron chi connectivity index (χ1n) is 7.68. The molecule has 0 aliphatic rings. The van der Waals surface area contributed by atoms with Gasteiger partial charge in [0.1, 0.15) is 12.4 Å². The van der Waals surface area contributed by atoms with Gasteiger partial charge in [0.15, 0.2) is 11.6 Å². The second kappa shape index (κ2) is 8.60. The van der Waals surface area contributed by atoms with E-state index in [9.17, 15) is 12.8 Å². The Hall–Kier alpha value is -2.70. The van der Waals surface area contributed by atoms with Crippen LogP contribution in [0.1, 0.15) is 23.6 Å². The van der Waals surface area contributed by atoms with Crippen LogP contribution >= 0.6 is 0 Å². The molecule has 0 aromatic carbocycles. The van der Waals surface area contributed by atoms with Gasteiger partial charge in [-0.2, -0.15) is 8.42 Å². The zero-order valence-corrected chi connectivity index (χ0v) is 15.4. The number of ether oxygens (including phenoxy) is 1. The number of anilines is 1. The molecule has 0 atom stereocenters. The quantitative estimate of drug-likeness (QED) is 0.717. The van der Waals surface area contributed by atoms with Crippen LogP contribution in [0.5, 0.6) is 5.75 Å². The van der Waals surface area contributed by atoms with Gasteiger partial charge < -0.3 is 4.74 Å². The van der Waals surface area contributed by atoms with Gasteiger partial charge in [-0.15, -0.1) is 5.92 Å². The third-order valence-corrected chi connectivity index (χ3v) is 4.60. The van der Waals surface area contributed by atoms with Crippen molar-refractivity contribution in [3.05, 3.63) is 47.2 Å². The standard InChI is InChI=1S/C17H19FN4O3S/c1-4-5-8-25-15-11-20-10-14(12(15)2)9-13-6-7-21-17(16(13)18)22-26(23,24)19-3/h6-7,10-11,19H,8-9H2,1-3H3,(H,21,22). The third-order valence-electron chi connectivity index (χ3n) is 3.60. The van der Waals surface area contributed by atoms with Gasteiger partial charge >= 0.3 is 0 Å². The van der Waals surface area contributed by atoms with Crippen molar-refractivity contribution >= 4 is 16.0 Å². The van der Waals surface area contributed by atoms with E-state index in [4.69, 9.17) is 4.74 Å². The van der Waals surface area contributed by atoms with Gasteiger partial charge in [0.2, 0.25) is 0 Å². The highest BCUT2D eigenvalue weighted by molar-refractivity contribution is 7.90. The Kier molecular flexibility index (Phi) is 6.49. The Bertz CT molecular complexity index is 952. The molecular weight excluding hydrogens is 359 g/mol. The maximum Gasteiger partial charge on any atom is 0.300 e. The first-order chi connectivity index (χ1) is 12.4. The molecule has 7 nitrogen and oxygen atoms in total. The molecule has 2 rings (SSSR count). The molecule has 0 fully saturated rings. The molecule has 0 saturated heterocycles. The Labute approximate surface area is 152 Å². The lowest BCUT2D eigenvalue weighted by Crippen LogP contribution is -2.27. The summed E-state index contributed by atoms with van der Waals surface area (Å²) in [7, 11) is -2.64. The molecule has 0 amide bonds. The van der Waals surface area contributed by atoms with E-state index < -0.39 is 16.0 Å². The molecular formula is C17H19FN4O3S. The Morgan fingerprint density at radius 3 is 2.77 bits per heavy atom. The van der Waals surface area contributed by atoms with Crippen molar-refractivity contribution in [3.63, 3.8) is 0 Å². The summed E-state index contributed by atoms with van der Waals surface area (Å²) < 4.78 is 47.3. The zero-order valence-electron chi connectivity index (χ0n) is 14.6. The maximum atomic E-state index is 14.6. The highest BCUT2D eigenvalue weighted by atomic mass is 32.2. The van der Waals surface area contributed by atoms with Gasteiger partial charge in [-0.25, -0.2) is 14.1 Å². The second-order valence-electron chi connectivity index (χ2n) is 5.26. The largest absolute Gasteiger partial charge is 0.479 e. The van der Waals surface area contributed by atoms with Crippen molar-refractivity contribution in [2.75, 3.05) is 18.4 Å². The fraction of sp³-hybridized carbons (Fsp3) is 0.294. The summed E-state index contributed by atoms with van der Waals surface area (Å²) in [5.41, 5.74) is 1.84. The van der Waals surface area contributed by atoms with Crippen LogP contribution in [0.15, 0.2) is 24.7 Å². The van der Waals surface area contributed by atoms with E-state index in [0.717, 1.165) is 11.1 Å². The van der Waals surface area contributed by atoms with Crippen LogP contribution < -0.4 is 14.2 Å².